The Morgan fingerprint density at radius 3 is 2.65 bits per heavy atom. The van der Waals surface area contributed by atoms with Gasteiger partial charge in [-0.25, -0.2) is 9.97 Å². The first kappa shape index (κ1) is 21.1. The molecule has 0 spiro atoms. The van der Waals surface area contributed by atoms with E-state index in [1.807, 2.05) is 50.2 Å². The highest BCUT2D eigenvalue weighted by Crippen LogP contribution is 2.29. The van der Waals surface area contributed by atoms with Crippen LogP contribution in [0.2, 0.25) is 0 Å². The number of fused-ring (bicyclic) bond motifs is 1. The molecule has 1 fully saturated rings. The van der Waals surface area contributed by atoms with Crippen LogP contribution in [-0.4, -0.2) is 28.8 Å². The second-order valence-electron chi connectivity index (χ2n) is 7.78. The fraction of sp³-hybridized carbons (Fsp3) is 0.375. The Morgan fingerprint density at radius 2 is 1.90 bits per heavy atom. The molecule has 0 aliphatic carbocycles. The zero-order valence-electron chi connectivity index (χ0n) is 18.2. The molecule has 0 radical (unpaired) electrons. The van der Waals surface area contributed by atoms with Gasteiger partial charge in [-0.15, -0.1) is 0 Å². The van der Waals surface area contributed by atoms with Crippen LogP contribution >= 0.6 is 0 Å². The van der Waals surface area contributed by atoms with Crippen LogP contribution in [0.15, 0.2) is 48.5 Å². The lowest BCUT2D eigenvalue weighted by Crippen LogP contribution is -2.60. The van der Waals surface area contributed by atoms with Gasteiger partial charge in [-0.1, -0.05) is 43.7 Å². The number of amides is 1. The van der Waals surface area contributed by atoms with Gasteiger partial charge < -0.3 is 15.4 Å². The quantitative estimate of drug-likeness (QED) is 0.538. The van der Waals surface area contributed by atoms with Gasteiger partial charge in [-0.05, 0) is 44.0 Å². The molecule has 1 aliphatic heterocycles. The van der Waals surface area contributed by atoms with Crippen LogP contribution in [0.1, 0.15) is 44.0 Å². The molecular weight excluding hydrogens is 390 g/mol. The summed E-state index contributed by atoms with van der Waals surface area (Å²) in [5, 5.41) is 10.8. The smallest absolute Gasteiger partial charge is 0.227 e. The number of benzene rings is 2. The minimum atomic E-state index is -0.467. The number of aromatic nitrogens is 2. The van der Waals surface area contributed by atoms with Gasteiger partial charge in [0.05, 0.1) is 23.7 Å². The molecule has 3 N–H and O–H groups in total. The van der Waals surface area contributed by atoms with Crippen LogP contribution < -0.4 is 20.7 Å². The molecule has 0 bridgehead atoms. The van der Waals surface area contributed by atoms with E-state index in [1.54, 1.807) is 0 Å². The molecule has 1 aromatic heterocycles. The number of carbonyl (C=O) groups excluding carboxylic acids is 1. The molecule has 1 aliphatic rings. The Labute approximate surface area is 182 Å². The molecule has 0 saturated carbocycles. The summed E-state index contributed by atoms with van der Waals surface area (Å²) in [7, 11) is 0. The van der Waals surface area contributed by atoms with E-state index in [0.717, 1.165) is 40.8 Å². The van der Waals surface area contributed by atoms with E-state index < -0.39 is 6.29 Å². The Bertz CT molecular complexity index is 1060. The first-order valence-corrected chi connectivity index (χ1v) is 10.9. The second kappa shape index (κ2) is 9.31. The average molecular weight is 420 g/mol. The zero-order chi connectivity index (χ0) is 21.8. The van der Waals surface area contributed by atoms with Crippen molar-refractivity contribution in [2.24, 2.45) is 5.92 Å². The van der Waals surface area contributed by atoms with Crippen molar-refractivity contribution < 1.29 is 9.53 Å². The number of carbonyl (C=O) groups is 1. The highest BCUT2D eigenvalue weighted by molar-refractivity contribution is 5.84. The van der Waals surface area contributed by atoms with Crippen LogP contribution in [0.3, 0.4) is 0 Å². The van der Waals surface area contributed by atoms with Crippen molar-refractivity contribution in [3.05, 3.63) is 59.8 Å². The highest BCUT2D eigenvalue weighted by Gasteiger charge is 2.36. The van der Waals surface area contributed by atoms with E-state index in [-0.39, 0.29) is 17.9 Å². The van der Waals surface area contributed by atoms with E-state index in [4.69, 9.17) is 4.74 Å². The summed E-state index contributed by atoms with van der Waals surface area (Å²) >= 11 is 0. The summed E-state index contributed by atoms with van der Waals surface area (Å²) in [6.07, 6.45) is 1.29. The second-order valence-corrected chi connectivity index (χ2v) is 7.78. The molecule has 1 amide bonds. The number of aryl methyl sites for hydroxylation is 1. The van der Waals surface area contributed by atoms with Crippen LogP contribution in [0.25, 0.3) is 10.9 Å². The third kappa shape index (κ3) is 4.61. The molecule has 31 heavy (non-hydrogen) atoms. The van der Waals surface area contributed by atoms with Gasteiger partial charge in [0.1, 0.15) is 5.75 Å². The number of nitrogens with one attached hydrogen (secondary N) is 3. The number of hydrogen-bond donors (Lipinski definition) is 3. The van der Waals surface area contributed by atoms with Crippen molar-refractivity contribution in [3.63, 3.8) is 0 Å². The fourth-order valence-electron chi connectivity index (χ4n) is 4.12. The third-order valence-corrected chi connectivity index (χ3v) is 5.57. The predicted octanol–water partition coefficient (Wildman–Crippen LogP) is 3.91. The molecule has 2 aromatic carbocycles. The van der Waals surface area contributed by atoms with Gasteiger partial charge in [0.25, 0.3) is 0 Å². The van der Waals surface area contributed by atoms with Crippen LogP contribution in [0.5, 0.6) is 5.75 Å². The van der Waals surface area contributed by atoms with E-state index in [9.17, 15) is 4.79 Å². The van der Waals surface area contributed by atoms with Gasteiger partial charge in [-0.3, -0.25) is 10.1 Å². The molecule has 7 heteroatoms. The van der Waals surface area contributed by atoms with E-state index in [0.29, 0.717) is 12.6 Å². The first-order chi connectivity index (χ1) is 15.1. The van der Waals surface area contributed by atoms with Crippen LogP contribution in [0, 0.1) is 12.8 Å². The van der Waals surface area contributed by atoms with E-state index in [2.05, 4.69) is 45.0 Å². The molecule has 7 nitrogen and oxygen atoms in total. The molecule has 3 atom stereocenters. The maximum Gasteiger partial charge on any atom is 0.227 e. The van der Waals surface area contributed by atoms with E-state index >= 15 is 0 Å². The summed E-state index contributed by atoms with van der Waals surface area (Å²) in [4.78, 5) is 22.1. The molecule has 3 aromatic rings. The van der Waals surface area contributed by atoms with Crippen LogP contribution in [-0.2, 0) is 4.79 Å². The average Bonchev–Trinajstić information content (AvgIpc) is 2.77. The van der Waals surface area contributed by atoms with Gasteiger partial charge in [0.15, 0.2) is 6.29 Å². The maximum absolute atomic E-state index is 12.9. The van der Waals surface area contributed by atoms with Crippen LogP contribution in [0.4, 0.5) is 5.95 Å². The topological polar surface area (TPSA) is 88.2 Å². The third-order valence-electron chi connectivity index (χ3n) is 5.57. The fourth-order valence-corrected chi connectivity index (χ4v) is 4.12. The molecule has 3 unspecified atom stereocenters. The normalized spacial score (nSPS) is 21.0. The lowest BCUT2D eigenvalue weighted by molar-refractivity contribution is -0.129. The van der Waals surface area contributed by atoms with Crippen molar-refractivity contribution >= 4 is 22.8 Å². The van der Waals surface area contributed by atoms with Gasteiger partial charge in [-0.2, -0.15) is 0 Å². The number of ether oxygens (including phenoxy) is 1. The lowest BCUT2D eigenvalue weighted by atomic mass is 9.87. The minimum absolute atomic E-state index is 0.0332. The Morgan fingerprint density at radius 1 is 1.10 bits per heavy atom. The largest absolute Gasteiger partial charge is 0.494 e. The highest BCUT2D eigenvalue weighted by atomic mass is 16.5. The Hall–Kier alpha value is -3.19. The van der Waals surface area contributed by atoms with Crippen molar-refractivity contribution in [2.45, 2.75) is 45.9 Å². The number of rotatable bonds is 7. The molecule has 2 heterocycles. The van der Waals surface area contributed by atoms with Gasteiger partial charge in [0.2, 0.25) is 11.9 Å². The SMILES string of the molecule is CCCC1C(=O)NC(Nc2nc(C)c3cc(OCC)ccc3n2)NC1c1ccccc1. The van der Waals surface area contributed by atoms with E-state index in [1.165, 1.54) is 0 Å². The summed E-state index contributed by atoms with van der Waals surface area (Å²) in [6.45, 7) is 6.61. The number of nitrogens with zero attached hydrogens (tertiary/aromatic N) is 2. The van der Waals surface area contributed by atoms with Crippen molar-refractivity contribution in [1.29, 1.82) is 0 Å². The van der Waals surface area contributed by atoms with Crippen molar-refractivity contribution in [1.82, 2.24) is 20.6 Å². The maximum atomic E-state index is 12.9. The summed E-state index contributed by atoms with van der Waals surface area (Å²) in [6, 6.07) is 15.8. The minimum Gasteiger partial charge on any atom is -0.494 e. The monoisotopic (exact) mass is 419 g/mol. The molecule has 1 saturated heterocycles. The first-order valence-electron chi connectivity index (χ1n) is 10.9. The lowest BCUT2D eigenvalue weighted by Gasteiger charge is -2.38. The Balaban J connectivity index is 1.58. The number of anilines is 1. The summed E-state index contributed by atoms with van der Waals surface area (Å²) in [5.74, 6) is 1.18. The molecule has 4 rings (SSSR count). The summed E-state index contributed by atoms with van der Waals surface area (Å²) in [5.41, 5.74) is 2.77. The van der Waals surface area contributed by atoms with Gasteiger partial charge >= 0.3 is 0 Å². The molecular formula is C24H29N5O2. The zero-order valence-corrected chi connectivity index (χ0v) is 18.2. The van der Waals surface area contributed by atoms with Crippen molar-refractivity contribution in [2.75, 3.05) is 11.9 Å². The molecule has 162 valence electrons. The standard InChI is InChI=1S/C24H29N5O2/c1-4-9-18-21(16-10-7-6-8-11-16)27-24(28-22(18)30)29-23-25-15(3)19-14-17(31-5-2)12-13-20(19)26-23/h6-8,10-14,18,21,24,27H,4-5,9H2,1-3H3,(H,28,30)(H,25,26,29). The predicted molar refractivity (Wildman–Crippen MR) is 122 cm³/mol. The Kier molecular flexibility index (Phi) is 6.32. The number of hydrogen-bond acceptors (Lipinski definition) is 6. The van der Waals surface area contributed by atoms with Gasteiger partial charge in [0, 0.05) is 11.4 Å². The van der Waals surface area contributed by atoms with Crippen molar-refractivity contribution in [3.8, 4) is 5.75 Å². The summed E-state index contributed by atoms with van der Waals surface area (Å²) < 4.78 is 5.59.